The number of halogens is 1. The van der Waals surface area contributed by atoms with Gasteiger partial charge in [-0.25, -0.2) is 4.39 Å². The summed E-state index contributed by atoms with van der Waals surface area (Å²) in [4.78, 5) is 14.3. The van der Waals surface area contributed by atoms with Crippen molar-refractivity contribution < 1.29 is 23.8 Å². The lowest BCUT2D eigenvalue weighted by molar-refractivity contribution is 0.100. The molecule has 0 spiro atoms. The molecule has 1 atom stereocenters. The number of aliphatic hydroxyl groups is 1. The first-order valence-electron chi connectivity index (χ1n) is 12.2. The Kier molecular flexibility index (Phi) is 8.97. The summed E-state index contributed by atoms with van der Waals surface area (Å²) in [7, 11) is 0. The monoisotopic (exact) mass is 487 g/mol. The molecule has 1 aliphatic heterocycles. The highest BCUT2D eigenvalue weighted by Gasteiger charge is 2.25. The van der Waals surface area contributed by atoms with Crippen LogP contribution in [0.3, 0.4) is 0 Å². The maximum atomic E-state index is 13.7. The summed E-state index contributed by atoms with van der Waals surface area (Å²) < 4.78 is 25.4. The first kappa shape index (κ1) is 26.8. The van der Waals surface area contributed by atoms with Gasteiger partial charge in [0.15, 0.2) is 11.5 Å². The lowest BCUT2D eigenvalue weighted by Crippen LogP contribution is -2.32. The SMILES string of the molecule is CC(Cc1cc2c(c(C(N)=O)c1)N(CCCO)CC2)NCCOc1cc(F)ccc1OC(C)(C)C. The van der Waals surface area contributed by atoms with Crippen molar-refractivity contribution in [3.05, 3.63) is 52.8 Å². The maximum Gasteiger partial charge on any atom is 0.250 e. The van der Waals surface area contributed by atoms with Crippen molar-refractivity contribution in [1.82, 2.24) is 5.32 Å². The molecular formula is C27H38FN3O4. The Morgan fingerprint density at radius 1 is 1.26 bits per heavy atom. The van der Waals surface area contributed by atoms with Crippen LogP contribution in [0.15, 0.2) is 30.3 Å². The number of aliphatic hydroxyl groups excluding tert-OH is 1. The third-order valence-electron chi connectivity index (χ3n) is 5.78. The predicted octanol–water partition coefficient (Wildman–Crippen LogP) is 3.45. The topological polar surface area (TPSA) is 97.1 Å². The molecule has 1 unspecified atom stereocenters. The van der Waals surface area contributed by atoms with Crippen LogP contribution >= 0.6 is 0 Å². The fraction of sp³-hybridized carbons (Fsp3) is 0.519. The van der Waals surface area contributed by atoms with Gasteiger partial charge in [0, 0.05) is 38.3 Å². The number of rotatable bonds is 12. The van der Waals surface area contributed by atoms with E-state index in [-0.39, 0.29) is 18.5 Å². The Bertz CT molecular complexity index is 1020. The minimum absolute atomic E-state index is 0.118. The number of hydrogen-bond donors (Lipinski definition) is 3. The number of primary amides is 1. The maximum absolute atomic E-state index is 13.7. The molecule has 4 N–H and O–H groups in total. The number of hydrogen-bond acceptors (Lipinski definition) is 6. The molecule has 0 aromatic heterocycles. The minimum Gasteiger partial charge on any atom is -0.488 e. The second kappa shape index (κ2) is 11.7. The number of ether oxygens (including phenoxy) is 2. The van der Waals surface area contributed by atoms with Gasteiger partial charge in [-0.3, -0.25) is 4.79 Å². The first-order chi connectivity index (χ1) is 16.6. The molecule has 0 saturated heterocycles. The fourth-order valence-corrected chi connectivity index (χ4v) is 4.38. The molecule has 192 valence electrons. The number of carbonyl (C=O) groups is 1. The molecule has 1 aliphatic rings. The van der Waals surface area contributed by atoms with Crippen molar-refractivity contribution in [2.45, 2.75) is 58.6 Å². The Hall–Kier alpha value is -2.84. The molecule has 35 heavy (non-hydrogen) atoms. The van der Waals surface area contributed by atoms with E-state index in [0.717, 1.165) is 36.2 Å². The highest BCUT2D eigenvalue weighted by Crippen LogP contribution is 2.34. The van der Waals surface area contributed by atoms with E-state index in [4.69, 9.17) is 20.3 Å². The largest absolute Gasteiger partial charge is 0.488 e. The molecule has 2 aromatic carbocycles. The van der Waals surface area contributed by atoms with Gasteiger partial charge in [-0.05, 0) is 76.3 Å². The average molecular weight is 488 g/mol. The third kappa shape index (κ3) is 7.57. The molecule has 2 aromatic rings. The van der Waals surface area contributed by atoms with E-state index in [1.54, 1.807) is 6.07 Å². The molecular weight excluding hydrogens is 449 g/mol. The van der Waals surface area contributed by atoms with E-state index in [9.17, 15) is 9.18 Å². The van der Waals surface area contributed by atoms with Crippen molar-refractivity contribution in [3.8, 4) is 11.5 Å². The number of nitrogens with zero attached hydrogens (tertiary/aromatic N) is 1. The molecule has 3 rings (SSSR count). The quantitative estimate of drug-likeness (QED) is 0.397. The van der Waals surface area contributed by atoms with E-state index in [2.05, 4.69) is 23.2 Å². The number of fused-ring (bicyclic) bond motifs is 1. The Labute approximate surface area is 207 Å². The van der Waals surface area contributed by atoms with Crippen molar-refractivity contribution in [2.24, 2.45) is 5.73 Å². The lowest BCUT2D eigenvalue weighted by Gasteiger charge is -2.23. The first-order valence-corrected chi connectivity index (χ1v) is 12.2. The van der Waals surface area contributed by atoms with Gasteiger partial charge in [0.2, 0.25) is 0 Å². The second-order valence-corrected chi connectivity index (χ2v) is 10.0. The highest BCUT2D eigenvalue weighted by atomic mass is 19.1. The van der Waals surface area contributed by atoms with Gasteiger partial charge in [-0.15, -0.1) is 0 Å². The predicted molar refractivity (Wildman–Crippen MR) is 136 cm³/mol. The summed E-state index contributed by atoms with van der Waals surface area (Å²) in [6.07, 6.45) is 2.24. The molecule has 0 saturated carbocycles. The standard InChI is InChI=1S/C27H38FN3O4/c1-18(30-9-13-34-24-17-21(28)6-7-23(24)35-27(2,3)4)14-19-15-20-8-11-31(10-5-12-32)25(20)22(16-19)26(29)33/h6-7,15-18,30,32H,5,8-14H2,1-4H3,(H2,29,33). The molecule has 0 bridgehead atoms. The Morgan fingerprint density at radius 3 is 2.71 bits per heavy atom. The van der Waals surface area contributed by atoms with Gasteiger partial charge in [0.05, 0.1) is 11.3 Å². The molecule has 0 fully saturated rings. The van der Waals surface area contributed by atoms with Crippen LogP contribution in [0, 0.1) is 5.82 Å². The third-order valence-corrected chi connectivity index (χ3v) is 5.78. The van der Waals surface area contributed by atoms with E-state index in [1.165, 1.54) is 12.1 Å². The number of nitrogens with one attached hydrogen (secondary N) is 1. The van der Waals surface area contributed by atoms with Gasteiger partial charge >= 0.3 is 0 Å². The Balaban J connectivity index is 1.57. The van der Waals surface area contributed by atoms with Crippen molar-refractivity contribution >= 4 is 11.6 Å². The molecule has 8 heteroatoms. The molecule has 1 heterocycles. The average Bonchev–Trinajstić information content (AvgIpc) is 3.18. The number of benzene rings is 2. The smallest absolute Gasteiger partial charge is 0.250 e. The fourth-order valence-electron chi connectivity index (χ4n) is 4.38. The number of carbonyl (C=O) groups excluding carboxylic acids is 1. The Morgan fingerprint density at radius 2 is 2.03 bits per heavy atom. The van der Waals surface area contributed by atoms with E-state index < -0.39 is 11.5 Å². The normalized spacial score (nSPS) is 14.1. The van der Waals surface area contributed by atoms with Crippen LogP contribution in [-0.4, -0.2) is 55.5 Å². The summed E-state index contributed by atoms with van der Waals surface area (Å²) in [5, 5.41) is 12.6. The van der Waals surface area contributed by atoms with E-state index in [0.29, 0.717) is 43.2 Å². The van der Waals surface area contributed by atoms with Gasteiger partial charge in [-0.2, -0.15) is 0 Å². The van der Waals surface area contributed by atoms with Gasteiger partial charge < -0.3 is 30.5 Å². The van der Waals surface area contributed by atoms with Crippen LogP contribution in [0.5, 0.6) is 11.5 Å². The lowest BCUT2D eigenvalue weighted by atomic mass is 9.98. The van der Waals surface area contributed by atoms with Crippen LogP contribution in [0.4, 0.5) is 10.1 Å². The van der Waals surface area contributed by atoms with Crippen molar-refractivity contribution in [2.75, 3.05) is 37.7 Å². The minimum atomic E-state index is -0.434. The van der Waals surface area contributed by atoms with Crippen LogP contribution in [-0.2, 0) is 12.8 Å². The molecule has 7 nitrogen and oxygen atoms in total. The van der Waals surface area contributed by atoms with Crippen LogP contribution < -0.4 is 25.4 Å². The van der Waals surface area contributed by atoms with Crippen LogP contribution in [0.2, 0.25) is 0 Å². The zero-order chi connectivity index (χ0) is 25.6. The number of amides is 1. The molecule has 0 radical (unpaired) electrons. The van der Waals surface area contributed by atoms with E-state index in [1.807, 2.05) is 26.8 Å². The second-order valence-electron chi connectivity index (χ2n) is 10.0. The van der Waals surface area contributed by atoms with Crippen molar-refractivity contribution in [1.29, 1.82) is 0 Å². The molecule has 1 amide bonds. The van der Waals surface area contributed by atoms with Crippen LogP contribution in [0.25, 0.3) is 0 Å². The van der Waals surface area contributed by atoms with Gasteiger partial charge in [0.1, 0.15) is 18.0 Å². The summed E-state index contributed by atoms with van der Waals surface area (Å²) in [5.41, 5.74) is 8.92. The number of nitrogens with two attached hydrogens (primary N) is 1. The zero-order valence-electron chi connectivity index (χ0n) is 21.2. The van der Waals surface area contributed by atoms with Gasteiger partial charge in [0.25, 0.3) is 5.91 Å². The summed E-state index contributed by atoms with van der Waals surface area (Å²) in [5.74, 6) is 0.0812. The van der Waals surface area contributed by atoms with Gasteiger partial charge in [-0.1, -0.05) is 6.07 Å². The van der Waals surface area contributed by atoms with Crippen molar-refractivity contribution in [3.63, 3.8) is 0 Å². The number of anilines is 1. The summed E-state index contributed by atoms with van der Waals surface area (Å²) in [6, 6.07) is 8.44. The summed E-state index contributed by atoms with van der Waals surface area (Å²) >= 11 is 0. The highest BCUT2D eigenvalue weighted by molar-refractivity contribution is 6.00. The summed E-state index contributed by atoms with van der Waals surface area (Å²) in [6.45, 7) is 10.4. The zero-order valence-corrected chi connectivity index (χ0v) is 21.2. The molecule has 0 aliphatic carbocycles. The van der Waals surface area contributed by atoms with Crippen LogP contribution in [0.1, 0.15) is 55.6 Å². The van der Waals surface area contributed by atoms with E-state index >= 15 is 0 Å².